The summed E-state index contributed by atoms with van der Waals surface area (Å²) in [5.41, 5.74) is -7.94. The number of aromatic amines is 2. The molecule has 21 heteroatoms. The summed E-state index contributed by atoms with van der Waals surface area (Å²) in [4.78, 5) is 108. The van der Waals surface area contributed by atoms with Crippen molar-refractivity contribution < 1.29 is 88.9 Å². The highest BCUT2D eigenvalue weighted by molar-refractivity contribution is 5.96. The van der Waals surface area contributed by atoms with E-state index < -0.39 is 140 Å². The first-order valence-corrected chi connectivity index (χ1v) is 20.5. The molecule has 4 aliphatic rings. The second kappa shape index (κ2) is 17.1. The lowest BCUT2D eigenvalue weighted by Gasteiger charge is -2.40. The van der Waals surface area contributed by atoms with Gasteiger partial charge in [-0.1, -0.05) is 6.92 Å². The number of carboxylic acid groups (broad SMARTS) is 7. The predicted molar refractivity (Wildman–Crippen MR) is 198 cm³/mol. The molecule has 6 heterocycles. The quantitative estimate of drug-likeness (QED) is 0.0868. The second-order valence-electron chi connectivity index (χ2n) is 17.5. The molecule has 0 aliphatic carbocycles. The number of H-pyrrole nitrogens is 2. The van der Waals surface area contributed by atoms with Crippen molar-refractivity contribution >= 4 is 59.5 Å². The molecule has 0 aromatic carbocycles. The fourth-order valence-corrected chi connectivity index (χ4v) is 10.6. The van der Waals surface area contributed by atoms with E-state index >= 15 is 0 Å². The van der Waals surface area contributed by atoms with Crippen LogP contribution in [0.25, 0.3) is 6.08 Å². The number of carboxylic acids is 7. The molecule has 8 bridgehead atoms. The van der Waals surface area contributed by atoms with Gasteiger partial charge in [0.15, 0.2) is 5.71 Å². The summed E-state index contributed by atoms with van der Waals surface area (Å²) >= 11 is 0. The Morgan fingerprint density at radius 3 is 1.78 bits per heavy atom. The third-order valence-corrected chi connectivity index (χ3v) is 13.4. The molecule has 2 saturated heterocycles. The third kappa shape index (κ3) is 8.38. The highest BCUT2D eigenvalue weighted by Gasteiger charge is 2.79. The van der Waals surface area contributed by atoms with Crippen molar-refractivity contribution in [2.24, 2.45) is 22.7 Å². The maximum atomic E-state index is 13.5. The molecule has 2 aromatic heterocycles. The number of hydrogen-bond acceptors (Lipinski definition) is 18. The molecule has 1 spiro atoms. The van der Waals surface area contributed by atoms with Crippen LogP contribution in [0.3, 0.4) is 0 Å². The Balaban J connectivity index is 1.79. The van der Waals surface area contributed by atoms with Crippen molar-refractivity contribution in [3.8, 4) is 0 Å². The Kier molecular flexibility index (Phi) is 12.5. The maximum Gasteiger partial charge on any atom is 0.348 e. The molecule has 2 fully saturated rings. The van der Waals surface area contributed by atoms with Gasteiger partial charge in [-0.25, -0.2) is 4.99 Å². The Hall–Kier alpha value is -6.77. The average molecular weight is 889 g/mol. The van der Waals surface area contributed by atoms with Crippen molar-refractivity contribution in [1.29, 1.82) is 0 Å². The SMILES string of the molecule is C[C@]1(O)c2[nH]c(c(CCC(=O)[O-])c2CC(=O)[O-])Cc2[nH]c(c(CC(=O)[O-])c2CCC(=O)[O-])/C=C2\N/C(=C\C3=[NH+][C@]14OC(=O)C[C@@]4(C)[C@@H]3CCC(=O)[O-])[C@@](C)(CC(=O)[O-])[C@@H]2CCC(=O)[O-]. The van der Waals surface area contributed by atoms with Crippen LogP contribution >= 0.6 is 0 Å². The summed E-state index contributed by atoms with van der Waals surface area (Å²) in [6.45, 7) is 4.20. The monoisotopic (exact) mass is 888 g/mol. The van der Waals surface area contributed by atoms with Crippen LogP contribution in [-0.4, -0.2) is 74.3 Å². The molecule has 2 aromatic rings. The Morgan fingerprint density at radius 2 is 1.23 bits per heavy atom. The van der Waals surface area contributed by atoms with Gasteiger partial charge >= 0.3 is 11.7 Å². The molecule has 0 amide bonds. The summed E-state index contributed by atoms with van der Waals surface area (Å²) in [5.74, 6) is -13.9. The number of ether oxygens (including phenoxy) is 1. The molecule has 0 saturated carbocycles. The molecule has 21 nitrogen and oxygen atoms in total. The lowest BCUT2D eigenvalue weighted by atomic mass is 9.62. The van der Waals surface area contributed by atoms with E-state index in [-0.39, 0.29) is 87.8 Å². The number of carbonyl (C=O) groups is 8. The average Bonchev–Trinajstić information content (AvgIpc) is 3.87. The van der Waals surface area contributed by atoms with Gasteiger partial charge in [-0.15, -0.1) is 0 Å². The minimum absolute atomic E-state index is 0.0115. The highest BCUT2D eigenvalue weighted by atomic mass is 16.6. The van der Waals surface area contributed by atoms with Crippen LogP contribution in [0.2, 0.25) is 0 Å². The molecule has 6 atom stereocenters. The number of esters is 1. The van der Waals surface area contributed by atoms with Gasteiger partial charge in [0.05, 0.1) is 23.4 Å². The van der Waals surface area contributed by atoms with Crippen LogP contribution in [0.4, 0.5) is 0 Å². The zero-order chi connectivity index (χ0) is 47.3. The zero-order valence-electron chi connectivity index (χ0n) is 35.0. The Morgan fingerprint density at radius 1 is 0.703 bits per heavy atom. The fraction of sp³-hybridized carbons (Fsp3) is 0.512. The fourth-order valence-electron chi connectivity index (χ4n) is 10.6. The zero-order valence-corrected chi connectivity index (χ0v) is 35.0. The number of aromatic nitrogens is 2. The van der Waals surface area contributed by atoms with E-state index in [0.717, 1.165) is 0 Å². The lowest BCUT2D eigenvalue weighted by Crippen LogP contribution is -2.92. The van der Waals surface area contributed by atoms with E-state index in [1.165, 1.54) is 32.9 Å². The summed E-state index contributed by atoms with van der Waals surface area (Å²) in [5, 5.41) is 101. The van der Waals surface area contributed by atoms with Crippen molar-refractivity contribution in [2.75, 3.05) is 0 Å². The summed E-state index contributed by atoms with van der Waals surface area (Å²) in [6, 6.07) is 0. The smallest absolute Gasteiger partial charge is 0.348 e. The Labute approximate surface area is 363 Å². The van der Waals surface area contributed by atoms with Crippen molar-refractivity contribution in [3.05, 3.63) is 62.5 Å². The van der Waals surface area contributed by atoms with Crippen LogP contribution in [0.5, 0.6) is 0 Å². The molecule has 0 unspecified atom stereocenters. The van der Waals surface area contributed by atoms with Crippen LogP contribution in [0.1, 0.15) is 117 Å². The molecular formula is C43H44N4O17-6. The first-order valence-electron chi connectivity index (χ1n) is 20.5. The van der Waals surface area contributed by atoms with E-state index in [2.05, 4.69) is 20.3 Å². The van der Waals surface area contributed by atoms with E-state index in [1.54, 1.807) is 0 Å². The lowest BCUT2D eigenvalue weighted by molar-refractivity contribution is -0.643. The van der Waals surface area contributed by atoms with Gasteiger partial charge < -0.3 is 94.4 Å². The van der Waals surface area contributed by atoms with Crippen molar-refractivity contribution in [1.82, 2.24) is 15.3 Å². The predicted octanol–water partition coefficient (Wildman–Crippen LogP) is -8.44. The van der Waals surface area contributed by atoms with Crippen molar-refractivity contribution in [3.63, 3.8) is 0 Å². The molecule has 64 heavy (non-hydrogen) atoms. The van der Waals surface area contributed by atoms with Gasteiger partial charge in [0.25, 0.3) is 0 Å². The first-order chi connectivity index (χ1) is 29.8. The Bertz CT molecular complexity index is 2450. The van der Waals surface area contributed by atoms with E-state index in [4.69, 9.17) is 4.74 Å². The number of nitrogens with one attached hydrogen (secondary N) is 4. The van der Waals surface area contributed by atoms with E-state index in [1.807, 2.05) is 0 Å². The normalized spacial score (nSPS) is 28.4. The standard InChI is InChI=1S/C43H50N4O17/c1-40(17-37(60)61)23(6-10-33(52)53)28-15-27-21(12-35(56)57)19(4-8-31(48)49)25(44-27)14-26-20(5-9-32(50)51)22(13-36(58)59)39(46-26)42(3,63)43-41(2,18-38(62)64-43)24(7-11-34(54)55)29(47-43)16-30(40)45-28/h15-16,23-24,44-46,63H,4-14,17-18H2,1-3H3,(H,48,49)(H,50,51)(H,52,53)(H,54,55)(H,56,57)(H,58,59)(H,60,61)/p-6/b28-15-,30-16-/t23-,24-,40+,41+,42+,43-/m1/s1. The number of hydrogen-bond donors (Lipinski definition) is 5. The number of allylic oxidation sites excluding steroid dienone is 3. The van der Waals surface area contributed by atoms with Gasteiger partial charge in [0.2, 0.25) is 5.60 Å². The minimum Gasteiger partial charge on any atom is -0.550 e. The number of carbonyl (C=O) groups excluding carboxylic acids is 8. The van der Waals surface area contributed by atoms with Gasteiger partial charge in [-0.2, -0.15) is 0 Å². The molecule has 6 rings (SSSR count). The topological polar surface area (TPSA) is 385 Å². The largest absolute Gasteiger partial charge is 0.550 e. The van der Waals surface area contributed by atoms with Crippen LogP contribution in [0, 0.1) is 22.7 Å². The molecule has 344 valence electrons. The summed E-state index contributed by atoms with van der Waals surface area (Å²) < 4.78 is 6.06. The number of fused-ring (bicyclic) bond motifs is 6. The number of rotatable bonds is 18. The summed E-state index contributed by atoms with van der Waals surface area (Å²) in [6.07, 6.45) is -4.37. The van der Waals surface area contributed by atoms with Crippen LogP contribution in [-0.2, 0) is 80.8 Å². The van der Waals surface area contributed by atoms with E-state index in [0.29, 0.717) is 0 Å². The molecular weight excluding hydrogens is 844 g/mol. The van der Waals surface area contributed by atoms with E-state index in [9.17, 15) is 79.2 Å². The minimum atomic E-state index is -2.55. The molecule has 4 aliphatic heterocycles. The molecule has 5 N–H and O–H groups in total. The van der Waals surface area contributed by atoms with Crippen LogP contribution in [0.15, 0.2) is 17.5 Å². The number of aliphatic carboxylic acids is 7. The van der Waals surface area contributed by atoms with Gasteiger partial charge in [0.1, 0.15) is 0 Å². The van der Waals surface area contributed by atoms with Crippen LogP contribution < -0.4 is 46.1 Å². The second-order valence-corrected chi connectivity index (χ2v) is 17.5. The summed E-state index contributed by atoms with van der Waals surface area (Å²) in [7, 11) is 0. The first kappa shape index (κ1) is 46.7. The van der Waals surface area contributed by atoms with Gasteiger partial charge in [-0.05, 0) is 100.0 Å². The van der Waals surface area contributed by atoms with Gasteiger partial charge in [-0.3, -0.25) is 4.79 Å². The molecule has 0 radical (unpaired) electrons. The van der Waals surface area contributed by atoms with Gasteiger partial charge in [0, 0.05) is 107 Å². The third-order valence-electron chi connectivity index (χ3n) is 13.4. The number of aliphatic hydroxyl groups is 1. The highest BCUT2D eigenvalue weighted by Crippen LogP contribution is 2.58. The maximum absolute atomic E-state index is 13.5. The van der Waals surface area contributed by atoms with Crippen molar-refractivity contribution in [2.45, 2.75) is 116 Å².